The van der Waals surface area contributed by atoms with Gasteiger partial charge < -0.3 is 5.32 Å². The molecule has 110 valence electrons. The molecule has 0 saturated heterocycles. The SMILES string of the molecule is Cc1ccc(C(=O)NCC2(CCl)CCCCC2)c(F)c1. The van der Waals surface area contributed by atoms with Crippen molar-refractivity contribution in [2.24, 2.45) is 5.41 Å². The molecule has 1 aromatic carbocycles. The van der Waals surface area contributed by atoms with Crippen molar-refractivity contribution in [3.63, 3.8) is 0 Å². The molecule has 1 aliphatic carbocycles. The number of hydrogen-bond donors (Lipinski definition) is 1. The molecule has 1 aliphatic rings. The number of amides is 1. The molecule has 1 N–H and O–H groups in total. The Morgan fingerprint density at radius 2 is 2.05 bits per heavy atom. The summed E-state index contributed by atoms with van der Waals surface area (Å²) in [6, 6.07) is 4.66. The molecule has 2 nitrogen and oxygen atoms in total. The first-order valence-electron chi connectivity index (χ1n) is 7.17. The fraction of sp³-hybridized carbons (Fsp3) is 0.562. The van der Waals surface area contributed by atoms with Crippen molar-refractivity contribution in [2.45, 2.75) is 39.0 Å². The van der Waals surface area contributed by atoms with Crippen LogP contribution in [-0.2, 0) is 0 Å². The zero-order chi connectivity index (χ0) is 14.6. The van der Waals surface area contributed by atoms with E-state index in [2.05, 4.69) is 5.32 Å². The predicted octanol–water partition coefficient (Wildman–Crippen LogP) is 4.05. The fourth-order valence-electron chi connectivity index (χ4n) is 2.83. The van der Waals surface area contributed by atoms with Gasteiger partial charge in [-0.1, -0.05) is 25.3 Å². The lowest BCUT2D eigenvalue weighted by atomic mass is 9.75. The van der Waals surface area contributed by atoms with Crippen molar-refractivity contribution in [3.8, 4) is 0 Å². The van der Waals surface area contributed by atoms with Crippen LogP contribution in [0.1, 0.15) is 48.0 Å². The number of carbonyl (C=O) groups is 1. The van der Waals surface area contributed by atoms with Gasteiger partial charge in [-0.3, -0.25) is 4.79 Å². The number of halogens is 2. The van der Waals surface area contributed by atoms with Crippen LogP contribution in [0.25, 0.3) is 0 Å². The second-order valence-electron chi connectivity index (χ2n) is 5.86. The second-order valence-corrected chi connectivity index (χ2v) is 6.13. The molecule has 0 bridgehead atoms. The molecule has 0 radical (unpaired) electrons. The van der Waals surface area contributed by atoms with Crippen LogP contribution >= 0.6 is 11.6 Å². The second kappa shape index (κ2) is 6.57. The normalized spacial score (nSPS) is 17.8. The zero-order valence-corrected chi connectivity index (χ0v) is 12.6. The highest BCUT2D eigenvalue weighted by Crippen LogP contribution is 2.36. The molecular formula is C16H21ClFNO. The Morgan fingerprint density at radius 3 is 2.65 bits per heavy atom. The van der Waals surface area contributed by atoms with Crippen LogP contribution in [0.4, 0.5) is 4.39 Å². The number of aryl methyl sites for hydroxylation is 1. The average molecular weight is 298 g/mol. The number of nitrogens with one attached hydrogen (secondary N) is 1. The average Bonchev–Trinajstić information content (AvgIpc) is 2.46. The molecule has 20 heavy (non-hydrogen) atoms. The molecule has 1 aromatic rings. The summed E-state index contributed by atoms with van der Waals surface area (Å²) in [6.07, 6.45) is 5.61. The van der Waals surface area contributed by atoms with Crippen LogP contribution in [0, 0.1) is 18.2 Å². The lowest BCUT2D eigenvalue weighted by Crippen LogP contribution is -2.40. The maximum Gasteiger partial charge on any atom is 0.254 e. The van der Waals surface area contributed by atoms with Crippen molar-refractivity contribution < 1.29 is 9.18 Å². The molecule has 1 fully saturated rings. The predicted molar refractivity (Wildman–Crippen MR) is 79.7 cm³/mol. The molecule has 0 atom stereocenters. The van der Waals surface area contributed by atoms with Crippen molar-refractivity contribution in [2.75, 3.05) is 12.4 Å². The van der Waals surface area contributed by atoms with E-state index in [1.165, 1.54) is 18.6 Å². The highest BCUT2D eigenvalue weighted by molar-refractivity contribution is 6.18. The maximum atomic E-state index is 13.8. The molecule has 4 heteroatoms. The molecule has 1 saturated carbocycles. The van der Waals surface area contributed by atoms with Crippen molar-refractivity contribution >= 4 is 17.5 Å². The Bertz CT molecular complexity index is 483. The maximum absolute atomic E-state index is 13.8. The minimum atomic E-state index is -0.467. The van der Waals surface area contributed by atoms with Gasteiger partial charge in [0.1, 0.15) is 5.82 Å². The van der Waals surface area contributed by atoms with Gasteiger partial charge in [-0.05, 0) is 37.5 Å². The smallest absolute Gasteiger partial charge is 0.254 e. The molecule has 0 spiro atoms. The van der Waals surface area contributed by atoms with E-state index >= 15 is 0 Å². The highest BCUT2D eigenvalue weighted by Gasteiger charge is 2.31. The summed E-state index contributed by atoms with van der Waals surface area (Å²) >= 11 is 6.09. The Labute approximate surface area is 124 Å². The van der Waals surface area contributed by atoms with Crippen molar-refractivity contribution in [3.05, 3.63) is 35.1 Å². The molecule has 0 heterocycles. The monoisotopic (exact) mass is 297 g/mol. The van der Waals surface area contributed by atoms with Gasteiger partial charge in [-0.2, -0.15) is 0 Å². The van der Waals surface area contributed by atoms with Gasteiger partial charge in [0.15, 0.2) is 0 Å². The zero-order valence-electron chi connectivity index (χ0n) is 11.8. The van der Waals surface area contributed by atoms with Gasteiger partial charge in [0.2, 0.25) is 0 Å². The number of carbonyl (C=O) groups excluding carboxylic acids is 1. The summed E-state index contributed by atoms with van der Waals surface area (Å²) in [7, 11) is 0. The fourth-order valence-corrected chi connectivity index (χ4v) is 3.19. The first-order valence-corrected chi connectivity index (χ1v) is 7.70. The summed E-state index contributed by atoms with van der Waals surface area (Å²) in [5.41, 5.74) is 0.899. The van der Waals surface area contributed by atoms with Crippen LogP contribution in [0.3, 0.4) is 0 Å². The lowest BCUT2D eigenvalue weighted by Gasteiger charge is -2.35. The summed E-state index contributed by atoms with van der Waals surface area (Å²) in [5, 5.41) is 2.86. The third kappa shape index (κ3) is 3.51. The first kappa shape index (κ1) is 15.3. The summed E-state index contributed by atoms with van der Waals surface area (Å²) in [5.74, 6) is -0.271. The molecule has 0 aromatic heterocycles. The topological polar surface area (TPSA) is 29.1 Å². The molecule has 0 aliphatic heterocycles. The number of benzene rings is 1. The van der Waals surface area contributed by atoms with Crippen LogP contribution in [0.15, 0.2) is 18.2 Å². The van der Waals surface area contributed by atoms with E-state index in [0.717, 1.165) is 31.2 Å². The van der Waals surface area contributed by atoms with Gasteiger partial charge >= 0.3 is 0 Å². The first-order chi connectivity index (χ1) is 9.56. The third-order valence-corrected chi connectivity index (χ3v) is 4.76. The van der Waals surface area contributed by atoms with Crippen LogP contribution in [-0.4, -0.2) is 18.3 Å². The largest absolute Gasteiger partial charge is 0.351 e. The van der Waals surface area contributed by atoms with E-state index in [9.17, 15) is 9.18 Å². The Hall–Kier alpha value is -1.09. The number of rotatable bonds is 4. The van der Waals surface area contributed by atoms with E-state index in [0.29, 0.717) is 12.4 Å². The van der Waals surface area contributed by atoms with E-state index in [4.69, 9.17) is 11.6 Å². The van der Waals surface area contributed by atoms with Crippen LogP contribution < -0.4 is 5.32 Å². The van der Waals surface area contributed by atoms with Gasteiger partial charge in [-0.25, -0.2) is 4.39 Å². The van der Waals surface area contributed by atoms with Gasteiger partial charge in [0, 0.05) is 17.8 Å². The minimum absolute atomic E-state index is 0.0172. The van der Waals surface area contributed by atoms with Gasteiger partial charge in [-0.15, -0.1) is 11.6 Å². The van der Waals surface area contributed by atoms with E-state index in [1.807, 2.05) is 0 Å². The lowest BCUT2D eigenvalue weighted by molar-refractivity contribution is 0.0917. The summed E-state index contributed by atoms with van der Waals surface area (Å²) in [4.78, 5) is 12.1. The Kier molecular flexibility index (Phi) is 5.03. The minimum Gasteiger partial charge on any atom is -0.351 e. The Balaban J connectivity index is 2.00. The molecule has 1 amide bonds. The highest BCUT2D eigenvalue weighted by atomic mass is 35.5. The number of alkyl halides is 1. The molecule has 2 rings (SSSR count). The number of hydrogen-bond acceptors (Lipinski definition) is 1. The van der Waals surface area contributed by atoms with Crippen LogP contribution in [0.5, 0.6) is 0 Å². The standard InChI is InChI=1S/C16H21ClFNO/c1-12-5-6-13(14(18)9-12)15(20)19-11-16(10-17)7-3-2-4-8-16/h5-6,9H,2-4,7-8,10-11H2,1H3,(H,19,20). The van der Waals surface area contributed by atoms with E-state index in [1.54, 1.807) is 13.0 Å². The van der Waals surface area contributed by atoms with Gasteiger partial charge in [0.05, 0.1) is 5.56 Å². The Morgan fingerprint density at radius 1 is 1.35 bits per heavy atom. The summed E-state index contributed by atoms with van der Waals surface area (Å²) < 4.78 is 13.8. The van der Waals surface area contributed by atoms with Crippen LogP contribution in [0.2, 0.25) is 0 Å². The molecular weight excluding hydrogens is 277 g/mol. The van der Waals surface area contributed by atoms with Crippen molar-refractivity contribution in [1.82, 2.24) is 5.32 Å². The van der Waals surface area contributed by atoms with E-state index < -0.39 is 5.82 Å². The summed E-state index contributed by atoms with van der Waals surface area (Å²) in [6.45, 7) is 2.33. The van der Waals surface area contributed by atoms with Gasteiger partial charge in [0.25, 0.3) is 5.91 Å². The molecule has 0 unspecified atom stereocenters. The van der Waals surface area contributed by atoms with Crippen molar-refractivity contribution in [1.29, 1.82) is 0 Å². The van der Waals surface area contributed by atoms with E-state index in [-0.39, 0.29) is 16.9 Å². The quantitative estimate of drug-likeness (QED) is 0.835. The third-order valence-electron chi connectivity index (χ3n) is 4.19.